The maximum Gasteiger partial charge on any atom is 0.311 e. The lowest BCUT2D eigenvalue weighted by atomic mass is 10.0. The number of unbranched alkanes of at least 4 members (excludes halogenated alkanes) is 32. The number of hydrogen-bond donors (Lipinski definition) is 1. The van der Waals surface area contributed by atoms with Gasteiger partial charge in [0.25, 0.3) is 0 Å². The molecule has 2 aromatic carbocycles. The zero-order chi connectivity index (χ0) is 42.3. The van der Waals surface area contributed by atoms with Gasteiger partial charge in [0.1, 0.15) is 17.2 Å². The molecule has 1 N–H and O–H groups in total. The van der Waals surface area contributed by atoms with Gasteiger partial charge in [-0.1, -0.05) is 244 Å². The number of esters is 2. The summed E-state index contributed by atoms with van der Waals surface area (Å²) in [7, 11) is 0. The standard InChI is InChI=1S/C54H88O5/c1-3-5-7-9-11-13-15-17-19-21-23-25-27-29-31-33-35-37-53(56)58-51-43-41-48(42-44-51)39-40-49-45-50(55)47-52(46-49)59-54(57)38-36-34-32-30-28-26-24-22-20-18-16-14-12-10-8-6-4-2/h39-47,55H,3-38H2,1-2H3. The third-order valence-electron chi connectivity index (χ3n) is 11.7. The molecule has 0 aliphatic rings. The monoisotopic (exact) mass is 817 g/mol. The first-order valence-corrected chi connectivity index (χ1v) is 25.0. The second-order valence-corrected chi connectivity index (χ2v) is 17.4. The molecule has 59 heavy (non-hydrogen) atoms. The summed E-state index contributed by atoms with van der Waals surface area (Å²) in [5.74, 6) is 0.506. The largest absolute Gasteiger partial charge is 0.508 e. The van der Waals surface area contributed by atoms with Gasteiger partial charge in [0.15, 0.2) is 0 Å². The van der Waals surface area contributed by atoms with E-state index in [2.05, 4.69) is 13.8 Å². The van der Waals surface area contributed by atoms with E-state index in [-0.39, 0.29) is 17.7 Å². The van der Waals surface area contributed by atoms with Crippen LogP contribution >= 0.6 is 0 Å². The molecule has 0 spiro atoms. The highest BCUT2D eigenvalue weighted by Crippen LogP contribution is 2.25. The Kier molecular flexibility index (Phi) is 33.4. The maximum absolute atomic E-state index is 12.5. The van der Waals surface area contributed by atoms with Gasteiger partial charge in [-0.25, -0.2) is 0 Å². The van der Waals surface area contributed by atoms with Gasteiger partial charge in [-0.05, 0) is 48.2 Å². The van der Waals surface area contributed by atoms with Crippen molar-refractivity contribution in [1.29, 1.82) is 0 Å². The summed E-state index contributed by atoms with van der Waals surface area (Å²) >= 11 is 0. The third-order valence-corrected chi connectivity index (χ3v) is 11.7. The molecule has 5 nitrogen and oxygen atoms in total. The molecule has 0 heterocycles. The average Bonchev–Trinajstić information content (AvgIpc) is 3.22. The van der Waals surface area contributed by atoms with Gasteiger partial charge < -0.3 is 14.6 Å². The van der Waals surface area contributed by atoms with E-state index in [0.717, 1.165) is 43.2 Å². The van der Waals surface area contributed by atoms with Gasteiger partial charge in [0, 0.05) is 18.9 Å². The predicted octanol–water partition coefficient (Wildman–Crippen LogP) is 17.5. The molecule has 2 rings (SSSR count). The van der Waals surface area contributed by atoms with Crippen molar-refractivity contribution in [3.8, 4) is 17.2 Å². The summed E-state index contributed by atoms with van der Waals surface area (Å²) in [6, 6.07) is 12.3. The highest BCUT2D eigenvalue weighted by atomic mass is 16.5. The van der Waals surface area contributed by atoms with Crippen LogP contribution in [-0.4, -0.2) is 17.0 Å². The van der Waals surface area contributed by atoms with Crippen molar-refractivity contribution in [2.75, 3.05) is 0 Å². The number of carbonyl (C=O) groups is 2. The lowest BCUT2D eigenvalue weighted by molar-refractivity contribution is -0.135. The first-order valence-electron chi connectivity index (χ1n) is 25.0. The molecule has 2 aromatic rings. The van der Waals surface area contributed by atoms with Crippen LogP contribution in [0.1, 0.15) is 256 Å². The number of ether oxygens (including phenoxy) is 2. The second kappa shape index (κ2) is 37.9. The van der Waals surface area contributed by atoms with Crippen molar-refractivity contribution in [1.82, 2.24) is 0 Å². The van der Waals surface area contributed by atoms with E-state index in [4.69, 9.17) is 9.47 Å². The minimum Gasteiger partial charge on any atom is -0.508 e. The van der Waals surface area contributed by atoms with Crippen molar-refractivity contribution in [2.24, 2.45) is 0 Å². The van der Waals surface area contributed by atoms with Crippen LogP contribution in [0.15, 0.2) is 42.5 Å². The summed E-state index contributed by atoms with van der Waals surface area (Å²) in [6.07, 6.45) is 49.3. The zero-order valence-corrected chi connectivity index (χ0v) is 38.2. The van der Waals surface area contributed by atoms with Crippen LogP contribution in [0.25, 0.3) is 12.2 Å². The number of carbonyl (C=O) groups excluding carboxylic acids is 2. The average molecular weight is 817 g/mol. The van der Waals surface area contributed by atoms with Crippen molar-refractivity contribution in [3.63, 3.8) is 0 Å². The summed E-state index contributed by atoms with van der Waals surface area (Å²) in [4.78, 5) is 24.9. The van der Waals surface area contributed by atoms with Gasteiger partial charge in [-0.2, -0.15) is 0 Å². The number of phenols is 1. The van der Waals surface area contributed by atoms with E-state index in [1.54, 1.807) is 24.3 Å². The number of benzene rings is 2. The highest BCUT2D eigenvalue weighted by Gasteiger charge is 2.08. The minimum absolute atomic E-state index is 0.0506. The molecular formula is C54H88O5. The van der Waals surface area contributed by atoms with Crippen LogP contribution < -0.4 is 9.47 Å². The van der Waals surface area contributed by atoms with Gasteiger partial charge in [-0.3, -0.25) is 9.59 Å². The first-order chi connectivity index (χ1) is 29.0. The van der Waals surface area contributed by atoms with Crippen LogP contribution in [0.3, 0.4) is 0 Å². The van der Waals surface area contributed by atoms with Crippen LogP contribution in [0, 0.1) is 0 Å². The summed E-state index contributed by atoms with van der Waals surface area (Å²) in [6.45, 7) is 4.56. The van der Waals surface area contributed by atoms with Crippen molar-refractivity contribution in [3.05, 3.63) is 53.6 Å². The molecule has 0 saturated carbocycles. The molecule has 0 fully saturated rings. The van der Waals surface area contributed by atoms with Gasteiger partial charge >= 0.3 is 11.9 Å². The van der Waals surface area contributed by atoms with Crippen molar-refractivity contribution < 1.29 is 24.2 Å². The molecular weight excluding hydrogens is 729 g/mol. The molecule has 0 aromatic heterocycles. The normalized spacial score (nSPS) is 11.4. The maximum atomic E-state index is 12.5. The molecule has 0 aliphatic heterocycles. The fourth-order valence-corrected chi connectivity index (χ4v) is 7.95. The van der Waals surface area contributed by atoms with Crippen LogP contribution in [0.4, 0.5) is 0 Å². The second-order valence-electron chi connectivity index (χ2n) is 17.4. The van der Waals surface area contributed by atoms with E-state index in [0.29, 0.717) is 24.3 Å². The quantitative estimate of drug-likeness (QED) is 0.0314. The summed E-state index contributed by atoms with van der Waals surface area (Å²) in [5.41, 5.74) is 1.66. The predicted molar refractivity (Wildman–Crippen MR) is 252 cm³/mol. The van der Waals surface area contributed by atoms with Crippen molar-refractivity contribution >= 4 is 24.1 Å². The Labute approximate surface area is 362 Å². The number of aromatic hydroxyl groups is 1. The molecule has 5 heteroatoms. The molecule has 0 amide bonds. The minimum atomic E-state index is -0.262. The Hall–Kier alpha value is -3.08. The van der Waals surface area contributed by atoms with Crippen LogP contribution in [-0.2, 0) is 9.59 Å². The van der Waals surface area contributed by atoms with E-state index in [9.17, 15) is 14.7 Å². The topological polar surface area (TPSA) is 72.8 Å². The molecule has 0 aliphatic carbocycles. The Morgan fingerprint density at radius 3 is 1.05 bits per heavy atom. The number of phenolic OH excluding ortho intramolecular Hbond substituents is 1. The fraction of sp³-hybridized carbons (Fsp3) is 0.704. The molecule has 0 radical (unpaired) electrons. The van der Waals surface area contributed by atoms with E-state index in [1.807, 2.05) is 24.3 Å². The van der Waals surface area contributed by atoms with Gasteiger partial charge in [0.05, 0.1) is 0 Å². The van der Waals surface area contributed by atoms with E-state index >= 15 is 0 Å². The van der Waals surface area contributed by atoms with E-state index < -0.39 is 0 Å². The SMILES string of the molecule is CCCCCCCCCCCCCCCCCCCC(=O)Oc1ccc(C=Cc2cc(O)cc(OC(=O)CCCCCCCCCCCCCCCCCCC)c2)cc1. The number of hydrogen-bond acceptors (Lipinski definition) is 5. The summed E-state index contributed by atoms with van der Waals surface area (Å²) in [5, 5.41) is 10.3. The molecule has 334 valence electrons. The first kappa shape index (κ1) is 52.1. The van der Waals surface area contributed by atoms with E-state index in [1.165, 1.54) is 192 Å². The van der Waals surface area contributed by atoms with Crippen molar-refractivity contribution in [2.45, 2.75) is 245 Å². The number of rotatable bonds is 40. The molecule has 0 saturated heterocycles. The van der Waals surface area contributed by atoms with Crippen LogP contribution in [0.5, 0.6) is 17.2 Å². The molecule has 0 unspecified atom stereocenters. The molecule has 0 atom stereocenters. The van der Waals surface area contributed by atoms with Crippen LogP contribution in [0.2, 0.25) is 0 Å². The smallest absolute Gasteiger partial charge is 0.311 e. The Morgan fingerprint density at radius 1 is 0.390 bits per heavy atom. The highest BCUT2D eigenvalue weighted by molar-refractivity contribution is 5.75. The Balaban J connectivity index is 1.49. The lowest BCUT2D eigenvalue weighted by Crippen LogP contribution is -2.07. The Morgan fingerprint density at radius 2 is 0.695 bits per heavy atom. The summed E-state index contributed by atoms with van der Waals surface area (Å²) < 4.78 is 11.1. The van der Waals surface area contributed by atoms with Gasteiger partial charge in [0.2, 0.25) is 0 Å². The fourth-order valence-electron chi connectivity index (χ4n) is 7.95. The zero-order valence-electron chi connectivity index (χ0n) is 38.2. The molecule has 0 bridgehead atoms. The third kappa shape index (κ3) is 31.5. The Bertz CT molecular complexity index is 1310. The van der Waals surface area contributed by atoms with Gasteiger partial charge in [-0.15, -0.1) is 0 Å². The lowest BCUT2D eigenvalue weighted by Gasteiger charge is -2.07.